The van der Waals surface area contributed by atoms with Crippen LogP contribution in [-0.2, 0) is 17.7 Å². The normalized spacial score (nSPS) is 22.6. The van der Waals surface area contributed by atoms with E-state index in [1.807, 2.05) is 23.5 Å². The minimum Gasteiger partial charge on any atom is -0.375 e. The van der Waals surface area contributed by atoms with E-state index in [1.165, 1.54) is 0 Å². The van der Waals surface area contributed by atoms with Crippen LogP contribution >= 0.6 is 11.8 Å². The van der Waals surface area contributed by atoms with Gasteiger partial charge < -0.3 is 10.1 Å². The summed E-state index contributed by atoms with van der Waals surface area (Å²) in [6.45, 7) is 3.81. The molecule has 1 aliphatic heterocycles. The third-order valence-corrected chi connectivity index (χ3v) is 4.08. The number of hydrogen-bond acceptors (Lipinski definition) is 5. The first kappa shape index (κ1) is 12.9. The van der Waals surface area contributed by atoms with Gasteiger partial charge in [0.05, 0.1) is 12.7 Å². The van der Waals surface area contributed by atoms with Crippen molar-refractivity contribution in [3.63, 3.8) is 0 Å². The Bertz CT molecular complexity index is 338. The third kappa shape index (κ3) is 3.20. The molecule has 0 bridgehead atoms. The quantitative estimate of drug-likeness (QED) is 0.834. The number of rotatable bonds is 5. The molecule has 2 heterocycles. The molecule has 1 aromatic heterocycles. The summed E-state index contributed by atoms with van der Waals surface area (Å²) < 4.78 is 7.76. The second-order valence-electron chi connectivity index (χ2n) is 4.08. The smallest absolute Gasteiger partial charge is 0.138 e. The van der Waals surface area contributed by atoms with Crippen LogP contribution in [0.3, 0.4) is 0 Å². The molecule has 1 N–H and O–H groups in total. The standard InChI is InChI=1S/C11H20N4OS/c1-3-15-11(13-8-14-15)6-9(12-2)10-7-17-5-4-16-10/h8-10,12H,3-7H2,1-2H3. The van der Waals surface area contributed by atoms with Crippen LogP contribution in [0.1, 0.15) is 12.7 Å². The number of nitrogens with one attached hydrogen (secondary N) is 1. The monoisotopic (exact) mass is 256 g/mol. The van der Waals surface area contributed by atoms with E-state index in [1.54, 1.807) is 6.33 Å². The number of thioether (sulfide) groups is 1. The van der Waals surface area contributed by atoms with Crippen molar-refractivity contribution in [1.82, 2.24) is 20.1 Å². The van der Waals surface area contributed by atoms with Gasteiger partial charge >= 0.3 is 0 Å². The average Bonchev–Trinajstić information content (AvgIpc) is 2.84. The number of aromatic nitrogens is 3. The predicted octanol–water partition coefficient (Wildman–Crippen LogP) is 0.560. The molecule has 96 valence electrons. The van der Waals surface area contributed by atoms with Crippen LogP contribution in [0.4, 0.5) is 0 Å². The van der Waals surface area contributed by atoms with E-state index < -0.39 is 0 Å². The molecule has 1 fully saturated rings. The summed E-state index contributed by atoms with van der Waals surface area (Å²) in [5.74, 6) is 3.20. The van der Waals surface area contributed by atoms with Gasteiger partial charge in [-0.25, -0.2) is 4.98 Å². The van der Waals surface area contributed by atoms with Crippen LogP contribution in [0, 0.1) is 0 Å². The highest BCUT2D eigenvalue weighted by molar-refractivity contribution is 7.99. The lowest BCUT2D eigenvalue weighted by Gasteiger charge is -2.29. The first-order valence-electron chi connectivity index (χ1n) is 6.08. The van der Waals surface area contributed by atoms with Gasteiger partial charge in [0.15, 0.2) is 0 Å². The zero-order chi connectivity index (χ0) is 12.1. The number of ether oxygens (including phenoxy) is 1. The first-order valence-corrected chi connectivity index (χ1v) is 7.24. The summed E-state index contributed by atoms with van der Waals surface area (Å²) in [5.41, 5.74) is 0. The van der Waals surface area contributed by atoms with E-state index >= 15 is 0 Å². The molecule has 17 heavy (non-hydrogen) atoms. The molecule has 0 aromatic carbocycles. The van der Waals surface area contributed by atoms with E-state index in [0.717, 1.165) is 36.9 Å². The Kier molecular flexibility index (Phi) is 4.82. The highest BCUT2D eigenvalue weighted by Crippen LogP contribution is 2.17. The lowest BCUT2D eigenvalue weighted by Crippen LogP contribution is -2.45. The first-order chi connectivity index (χ1) is 8.35. The van der Waals surface area contributed by atoms with Crippen LogP contribution in [0.25, 0.3) is 0 Å². The van der Waals surface area contributed by atoms with Crippen LogP contribution in [0.15, 0.2) is 6.33 Å². The van der Waals surface area contributed by atoms with Crippen molar-refractivity contribution in [2.24, 2.45) is 0 Å². The van der Waals surface area contributed by atoms with Crippen LogP contribution in [0.5, 0.6) is 0 Å². The van der Waals surface area contributed by atoms with Crippen molar-refractivity contribution < 1.29 is 4.74 Å². The zero-order valence-corrected chi connectivity index (χ0v) is 11.2. The van der Waals surface area contributed by atoms with E-state index in [0.29, 0.717) is 6.04 Å². The Morgan fingerprint density at radius 1 is 1.71 bits per heavy atom. The number of hydrogen-bond donors (Lipinski definition) is 1. The molecule has 0 amide bonds. The van der Waals surface area contributed by atoms with Crippen molar-refractivity contribution in [2.75, 3.05) is 25.2 Å². The van der Waals surface area contributed by atoms with Gasteiger partial charge in [0.25, 0.3) is 0 Å². The third-order valence-electron chi connectivity index (χ3n) is 3.06. The van der Waals surface area contributed by atoms with Crippen molar-refractivity contribution in [2.45, 2.75) is 32.0 Å². The van der Waals surface area contributed by atoms with E-state index in [-0.39, 0.29) is 6.10 Å². The Balaban J connectivity index is 1.98. The minimum absolute atomic E-state index is 0.278. The summed E-state index contributed by atoms with van der Waals surface area (Å²) >= 11 is 1.96. The minimum atomic E-state index is 0.278. The summed E-state index contributed by atoms with van der Waals surface area (Å²) in [6.07, 6.45) is 2.78. The van der Waals surface area contributed by atoms with Gasteiger partial charge in [0.2, 0.25) is 0 Å². The molecular weight excluding hydrogens is 236 g/mol. The number of likely N-dealkylation sites (N-methyl/N-ethyl adjacent to an activating group) is 1. The van der Waals surface area contributed by atoms with Gasteiger partial charge in [-0.2, -0.15) is 16.9 Å². The summed E-state index contributed by atoms with van der Waals surface area (Å²) in [7, 11) is 1.99. The zero-order valence-electron chi connectivity index (χ0n) is 10.4. The lowest BCUT2D eigenvalue weighted by molar-refractivity contribution is 0.0484. The highest BCUT2D eigenvalue weighted by Gasteiger charge is 2.25. The number of nitrogens with zero attached hydrogens (tertiary/aromatic N) is 3. The Hall–Kier alpha value is -0.590. The van der Waals surface area contributed by atoms with E-state index in [9.17, 15) is 0 Å². The average molecular weight is 256 g/mol. The highest BCUT2D eigenvalue weighted by atomic mass is 32.2. The molecule has 0 spiro atoms. The SMILES string of the molecule is CCn1ncnc1CC(NC)C1CSCCO1. The van der Waals surface area contributed by atoms with E-state index in [4.69, 9.17) is 4.74 Å². The summed E-state index contributed by atoms with van der Waals surface area (Å²) in [5, 5.41) is 7.54. The van der Waals surface area contributed by atoms with Crippen molar-refractivity contribution in [3.05, 3.63) is 12.2 Å². The molecule has 1 saturated heterocycles. The fraction of sp³-hybridized carbons (Fsp3) is 0.818. The molecular formula is C11H20N4OS. The van der Waals surface area contributed by atoms with Gasteiger partial charge in [0, 0.05) is 30.5 Å². The van der Waals surface area contributed by atoms with E-state index in [2.05, 4.69) is 22.3 Å². The molecule has 1 aliphatic rings. The largest absolute Gasteiger partial charge is 0.375 e. The van der Waals surface area contributed by atoms with Gasteiger partial charge in [0.1, 0.15) is 12.2 Å². The second-order valence-corrected chi connectivity index (χ2v) is 5.23. The maximum absolute atomic E-state index is 5.81. The molecule has 5 nitrogen and oxygen atoms in total. The van der Waals surface area contributed by atoms with Gasteiger partial charge in [-0.05, 0) is 14.0 Å². The van der Waals surface area contributed by atoms with Gasteiger partial charge in [-0.3, -0.25) is 4.68 Å². The molecule has 6 heteroatoms. The molecule has 0 aliphatic carbocycles. The number of aryl methyl sites for hydroxylation is 1. The molecule has 2 rings (SSSR count). The Morgan fingerprint density at radius 2 is 2.59 bits per heavy atom. The summed E-state index contributed by atoms with van der Waals surface area (Å²) in [4.78, 5) is 4.32. The molecule has 2 unspecified atom stereocenters. The lowest BCUT2D eigenvalue weighted by atomic mass is 10.1. The topological polar surface area (TPSA) is 52.0 Å². The maximum atomic E-state index is 5.81. The summed E-state index contributed by atoms with van der Waals surface area (Å²) in [6, 6.07) is 0.317. The van der Waals surface area contributed by atoms with Gasteiger partial charge in [-0.1, -0.05) is 0 Å². The molecule has 0 saturated carbocycles. The maximum Gasteiger partial charge on any atom is 0.138 e. The predicted molar refractivity (Wildman–Crippen MR) is 69.3 cm³/mol. The fourth-order valence-corrected chi connectivity index (χ4v) is 3.01. The van der Waals surface area contributed by atoms with Crippen LogP contribution in [-0.4, -0.2) is 52.1 Å². The van der Waals surface area contributed by atoms with Crippen molar-refractivity contribution in [1.29, 1.82) is 0 Å². The second kappa shape index (κ2) is 6.37. The Morgan fingerprint density at radius 3 is 3.24 bits per heavy atom. The molecule has 0 radical (unpaired) electrons. The molecule has 2 atom stereocenters. The molecule has 1 aromatic rings. The Labute approximate surface area is 106 Å². The van der Waals surface area contributed by atoms with Crippen molar-refractivity contribution >= 4 is 11.8 Å². The van der Waals surface area contributed by atoms with Gasteiger partial charge in [-0.15, -0.1) is 0 Å². The fourth-order valence-electron chi connectivity index (χ4n) is 2.06. The van der Waals surface area contributed by atoms with Crippen LogP contribution < -0.4 is 5.32 Å². The van der Waals surface area contributed by atoms with Crippen molar-refractivity contribution in [3.8, 4) is 0 Å². The van der Waals surface area contributed by atoms with Crippen LogP contribution in [0.2, 0.25) is 0 Å².